The van der Waals surface area contributed by atoms with Crippen LogP contribution >= 0.6 is 15.9 Å². The van der Waals surface area contributed by atoms with Crippen molar-refractivity contribution in [3.63, 3.8) is 0 Å². The van der Waals surface area contributed by atoms with Crippen molar-refractivity contribution < 1.29 is 19.2 Å². The molecule has 0 unspecified atom stereocenters. The maximum Gasteiger partial charge on any atom is 0.279 e. The molecule has 0 radical (unpaired) electrons. The van der Waals surface area contributed by atoms with Crippen molar-refractivity contribution in [2.45, 2.75) is 13.0 Å². The maximum atomic E-state index is 11.9. The number of rotatable bonds is 5. The molecule has 0 saturated carbocycles. The number of nitro benzene ring substituents is 1. The lowest BCUT2D eigenvalue weighted by atomic mass is 10.2. The molecule has 0 aliphatic rings. The van der Waals surface area contributed by atoms with Crippen LogP contribution in [-0.2, 0) is 4.79 Å². The summed E-state index contributed by atoms with van der Waals surface area (Å²) < 4.78 is 6.33. The summed E-state index contributed by atoms with van der Waals surface area (Å²) in [6.45, 7) is 1.54. The number of hydrazine groups is 1. The van der Waals surface area contributed by atoms with Gasteiger partial charge in [-0.05, 0) is 43.3 Å². The van der Waals surface area contributed by atoms with E-state index in [-0.39, 0.29) is 11.3 Å². The van der Waals surface area contributed by atoms with Crippen LogP contribution in [0.5, 0.6) is 5.75 Å². The van der Waals surface area contributed by atoms with Crippen molar-refractivity contribution in [2.75, 3.05) is 0 Å². The number of halogens is 1. The van der Waals surface area contributed by atoms with Crippen molar-refractivity contribution in [1.82, 2.24) is 10.9 Å². The van der Waals surface area contributed by atoms with Gasteiger partial charge >= 0.3 is 0 Å². The number of carbonyl (C=O) groups excluding carboxylic acids is 2. The molecule has 0 aromatic heterocycles. The molecule has 2 rings (SSSR count). The molecule has 8 nitrogen and oxygen atoms in total. The normalized spacial score (nSPS) is 11.3. The molecule has 9 heteroatoms. The maximum absolute atomic E-state index is 11.9. The van der Waals surface area contributed by atoms with Crippen molar-refractivity contribution in [3.05, 3.63) is 68.7 Å². The van der Waals surface area contributed by atoms with Crippen LogP contribution in [0.3, 0.4) is 0 Å². The standard InChI is InChI=1S/C16H14BrN3O5/c1-10(25-14-8-4-12(17)5-9-14)15(21)18-19-16(22)11-2-6-13(7-3-11)20(23)24/h2-10H,1H3,(H,18,21)(H,19,22)/t10-/m1/s1. The van der Waals surface area contributed by atoms with Gasteiger partial charge in [0.1, 0.15) is 5.75 Å². The van der Waals surface area contributed by atoms with E-state index in [0.29, 0.717) is 5.75 Å². The summed E-state index contributed by atoms with van der Waals surface area (Å²) in [6.07, 6.45) is -0.835. The second kappa shape index (κ2) is 8.25. The van der Waals surface area contributed by atoms with Gasteiger partial charge < -0.3 is 4.74 Å². The third-order valence-corrected chi connectivity index (χ3v) is 3.66. The largest absolute Gasteiger partial charge is 0.481 e. The Balaban J connectivity index is 1.86. The monoisotopic (exact) mass is 407 g/mol. The van der Waals surface area contributed by atoms with Gasteiger partial charge in [-0.2, -0.15) is 0 Å². The van der Waals surface area contributed by atoms with E-state index in [1.807, 2.05) is 0 Å². The molecule has 0 heterocycles. The summed E-state index contributed by atoms with van der Waals surface area (Å²) >= 11 is 3.30. The Labute approximate surface area is 151 Å². The summed E-state index contributed by atoms with van der Waals surface area (Å²) in [7, 11) is 0. The van der Waals surface area contributed by atoms with Crippen molar-refractivity contribution in [1.29, 1.82) is 0 Å². The van der Waals surface area contributed by atoms with Crippen molar-refractivity contribution in [2.24, 2.45) is 0 Å². The predicted molar refractivity (Wildman–Crippen MR) is 92.9 cm³/mol. The van der Waals surface area contributed by atoms with Crippen LogP contribution in [0.4, 0.5) is 5.69 Å². The molecule has 0 aliphatic heterocycles. The second-order valence-electron chi connectivity index (χ2n) is 4.96. The lowest BCUT2D eigenvalue weighted by Crippen LogP contribution is -2.47. The Bertz CT molecular complexity index is 777. The van der Waals surface area contributed by atoms with Crippen LogP contribution in [0.15, 0.2) is 53.0 Å². The van der Waals surface area contributed by atoms with E-state index in [4.69, 9.17) is 4.74 Å². The molecule has 0 bridgehead atoms. The number of ether oxygens (including phenoxy) is 1. The smallest absolute Gasteiger partial charge is 0.279 e. The second-order valence-corrected chi connectivity index (χ2v) is 5.88. The van der Waals surface area contributed by atoms with Crippen LogP contribution in [-0.4, -0.2) is 22.8 Å². The Morgan fingerprint density at radius 2 is 1.68 bits per heavy atom. The molecule has 2 aromatic carbocycles. The first kappa shape index (κ1) is 18.4. The van der Waals surface area contributed by atoms with E-state index in [0.717, 1.165) is 4.47 Å². The Kier molecular flexibility index (Phi) is 6.07. The lowest BCUT2D eigenvalue weighted by Gasteiger charge is -2.15. The number of benzene rings is 2. The average Bonchev–Trinajstić information content (AvgIpc) is 2.61. The van der Waals surface area contributed by atoms with Gasteiger partial charge in [-0.1, -0.05) is 15.9 Å². The van der Waals surface area contributed by atoms with Crippen LogP contribution in [0.2, 0.25) is 0 Å². The SMILES string of the molecule is C[C@@H](Oc1ccc(Br)cc1)C(=O)NNC(=O)c1ccc([N+](=O)[O-])cc1. The van der Waals surface area contributed by atoms with Gasteiger partial charge in [0.2, 0.25) is 0 Å². The summed E-state index contributed by atoms with van der Waals surface area (Å²) in [5.41, 5.74) is 4.52. The van der Waals surface area contributed by atoms with Crippen molar-refractivity contribution in [3.8, 4) is 5.75 Å². The molecule has 0 saturated heterocycles. The number of nitrogens with zero attached hydrogens (tertiary/aromatic N) is 1. The number of hydrogen-bond acceptors (Lipinski definition) is 5. The van der Waals surface area contributed by atoms with E-state index >= 15 is 0 Å². The Morgan fingerprint density at radius 1 is 1.08 bits per heavy atom. The number of nitro groups is 1. The van der Waals surface area contributed by atoms with Crippen LogP contribution < -0.4 is 15.6 Å². The van der Waals surface area contributed by atoms with E-state index in [9.17, 15) is 19.7 Å². The minimum atomic E-state index is -0.835. The fourth-order valence-corrected chi connectivity index (χ4v) is 2.06. The number of amides is 2. The van der Waals surface area contributed by atoms with Gasteiger partial charge in [0.25, 0.3) is 17.5 Å². The summed E-state index contributed by atoms with van der Waals surface area (Å²) in [5, 5.41) is 10.6. The van der Waals surface area contributed by atoms with Gasteiger partial charge in [0.15, 0.2) is 6.10 Å². The van der Waals surface area contributed by atoms with Gasteiger partial charge in [0.05, 0.1) is 4.92 Å². The van der Waals surface area contributed by atoms with E-state index in [1.165, 1.54) is 31.2 Å². The van der Waals surface area contributed by atoms with E-state index < -0.39 is 22.8 Å². The molecule has 2 amide bonds. The highest BCUT2D eigenvalue weighted by Gasteiger charge is 2.16. The summed E-state index contributed by atoms with van der Waals surface area (Å²) in [6, 6.07) is 11.9. The molecular formula is C16H14BrN3O5. The molecule has 1 atom stereocenters. The average molecular weight is 408 g/mol. The fraction of sp³-hybridized carbons (Fsp3) is 0.125. The highest BCUT2D eigenvalue weighted by molar-refractivity contribution is 9.10. The van der Waals surface area contributed by atoms with E-state index in [1.54, 1.807) is 24.3 Å². The van der Waals surface area contributed by atoms with Crippen molar-refractivity contribution >= 4 is 33.4 Å². The lowest BCUT2D eigenvalue weighted by molar-refractivity contribution is -0.384. The zero-order valence-corrected chi connectivity index (χ0v) is 14.6. The molecule has 25 heavy (non-hydrogen) atoms. The van der Waals surface area contributed by atoms with Crippen LogP contribution in [0.1, 0.15) is 17.3 Å². The molecule has 130 valence electrons. The number of nitrogens with one attached hydrogen (secondary N) is 2. The van der Waals surface area contributed by atoms with E-state index in [2.05, 4.69) is 26.8 Å². The molecule has 0 aliphatic carbocycles. The third kappa shape index (κ3) is 5.28. The highest BCUT2D eigenvalue weighted by Crippen LogP contribution is 2.17. The Hall–Kier alpha value is -2.94. The van der Waals surface area contributed by atoms with Gasteiger partial charge in [-0.3, -0.25) is 30.6 Å². The molecule has 0 fully saturated rings. The zero-order chi connectivity index (χ0) is 18.4. The first-order chi connectivity index (χ1) is 11.9. The van der Waals surface area contributed by atoms with Gasteiger partial charge in [0, 0.05) is 22.2 Å². The number of hydrogen-bond donors (Lipinski definition) is 2. The highest BCUT2D eigenvalue weighted by atomic mass is 79.9. The Morgan fingerprint density at radius 3 is 2.24 bits per heavy atom. The quantitative estimate of drug-likeness (QED) is 0.584. The fourth-order valence-electron chi connectivity index (χ4n) is 1.80. The predicted octanol–water partition coefficient (Wildman–Crippen LogP) is 2.59. The van der Waals surface area contributed by atoms with Crippen LogP contribution in [0, 0.1) is 10.1 Å². The summed E-state index contributed by atoms with van der Waals surface area (Å²) in [4.78, 5) is 33.9. The molecule has 2 N–H and O–H groups in total. The summed E-state index contributed by atoms with van der Waals surface area (Å²) in [5.74, 6) is -0.634. The first-order valence-corrected chi connectivity index (χ1v) is 7.93. The number of non-ortho nitro benzene ring substituents is 1. The zero-order valence-electron chi connectivity index (χ0n) is 13.1. The third-order valence-electron chi connectivity index (χ3n) is 3.14. The molecule has 2 aromatic rings. The minimum absolute atomic E-state index is 0.128. The molecule has 0 spiro atoms. The molecular weight excluding hydrogens is 394 g/mol. The minimum Gasteiger partial charge on any atom is -0.481 e. The van der Waals surface area contributed by atoms with Gasteiger partial charge in [-0.25, -0.2) is 0 Å². The number of carbonyl (C=O) groups is 2. The first-order valence-electron chi connectivity index (χ1n) is 7.13. The van der Waals surface area contributed by atoms with Crippen LogP contribution in [0.25, 0.3) is 0 Å². The van der Waals surface area contributed by atoms with Gasteiger partial charge in [-0.15, -0.1) is 0 Å². The topological polar surface area (TPSA) is 111 Å².